The Kier molecular flexibility index (Phi) is 3.90. The zero-order valence-corrected chi connectivity index (χ0v) is 10.3. The van der Waals surface area contributed by atoms with Crippen LogP contribution in [0.5, 0.6) is 0 Å². The van der Waals surface area contributed by atoms with Gasteiger partial charge >= 0.3 is 0 Å². The summed E-state index contributed by atoms with van der Waals surface area (Å²) in [7, 11) is 0. The monoisotopic (exact) mass is 284 g/mol. The molecule has 0 spiro atoms. The Labute approximate surface area is 112 Å². The summed E-state index contributed by atoms with van der Waals surface area (Å²) in [5, 5.41) is -1.15. The molecule has 0 bridgehead atoms. The van der Waals surface area contributed by atoms with Crippen LogP contribution >= 0.6 is 11.6 Å². The van der Waals surface area contributed by atoms with Crippen molar-refractivity contribution in [2.45, 2.75) is 5.38 Å². The number of ketones is 1. The summed E-state index contributed by atoms with van der Waals surface area (Å²) < 4.78 is 39.3. The summed E-state index contributed by atoms with van der Waals surface area (Å²) in [5.74, 6) is -4.59. The Morgan fingerprint density at radius 1 is 0.947 bits per heavy atom. The van der Waals surface area contributed by atoms with E-state index < -0.39 is 34.2 Å². The number of carbonyl (C=O) groups is 1. The molecule has 2 aromatic carbocycles. The molecule has 0 aromatic heterocycles. The molecule has 2 rings (SSSR count). The van der Waals surface area contributed by atoms with E-state index in [0.717, 1.165) is 0 Å². The quantitative estimate of drug-likeness (QED) is 0.467. The first-order valence-electron chi connectivity index (χ1n) is 5.38. The predicted molar refractivity (Wildman–Crippen MR) is 65.7 cm³/mol. The van der Waals surface area contributed by atoms with E-state index in [1.807, 2.05) is 0 Å². The van der Waals surface area contributed by atoms with Gasteiger partial charge in [0.05, 0.1) is 5.56 Å². The van der Waals surface area contributed by atoms with Gasteiger partial charge in [-0.3, -0.25) is 4.79 Å². The van der Waals surface area contributed by atoms with Crippen molar-refractivity contribution < 1.29 is 18.0 Å². The fraction of sp³-hybridized carbons (Fsp3) is 0.0714. The molecule has 1 nitrogen and oxygen atoms in total. The Morgan fingerprint density at radius 2 is 1.53 bits per heavy atom. The Hall–Kier alpha value is -1.81. The van der Waals surface area contributed by atoms with Crippen LogP contribution in [0.4, 0.5) is 13.2 Å². The molecule has 19 heavy (non-hydrogen) atoms. The van der Waals surface area contributed by atoms with Crippen LogP contribution < -0.4 is 0 Å². The highest BCUT2D eigenvalue weighted by Crippen LogP contribution is 2.26. The lowest BCUT2D eigenvalue weighted by molar-refractivity contribution is 0.0982. The highest BCUT2D eigenvalue weighted by molar-refractivity contribution is 6.33. The van der Waals surface area contributed by atoms with Gasteiger partial charge < -0.3 is 0 Å². The lowest BCUT2D eigenvalue weighted by Gasteiger charge is -2.10. The van der Waals surface area contributed by atoms with Crippen molar-refractivity contribution in [2.24, 2.45) is 0 Å². The van der Waals surface area contributed by atoms with E-state index in [1.165, 1.54) is 0 Å². The number of Topliss-reactive ketones (excluding diaryl/α,β-unsaturated/α-hetero) is 1. The van der Waals surface area contributed by atoms with Crippen molar-refractivity contribution >= 4 is 17.4 Å². The van der Waals surface area contributed by atoms with Gasteiger partial charge in [-0.1, -0.05) is 30.3 Å². The van der Waals surface area contributed by atoms with Crippen molar-refractivity contribution in [3.63, 3.8) is 0 Å². The molecular weight excluding hydrogens is 277 g/mol. The minimum Gasteiger partial charge on any atom is -0.292 e. The molecule has 0 N–H and O–H groups in total. The van der Waals surface area contributed by atoms with Crippen molar-refractivity contribution in [1.82, 2.24) is 0 Å². The SMILES string of the molecule is O=C(c1cc(F)c(F)cc1F)C(Cl)c1ccccc1. The molecule has 0 fully saturated rings. The smallest absolute Gasteiger partial charge is 0.188 e. The fourth-order valence-corrected chi connectivity index (χ4v) is 1.88. The van der Waals surface area contributed by atoms with Crippen LogP contribution in [0.15, 0.2) is 42.5 Å². The first kappa shape index (κ1) is 13.6. The van der Waals surface area contributed by atoms with Crippen molar-refractivity contribution in [3.8, 4) is 0 Å². The molecule has 1 atom stereocenters. The third kappa shape index (κ3) is 2.79. The van der Waals surface area contributed by atoms with Gasteiger partial charge in [-0.25, -0.2) is 13.2 Å². The Balaban J connectivity index is 2.37. The van der Waals surface area contributed by atoms with Crippen LogP contribution in [0.1, 0.15) is 21.3 Å². The van der Waals surface area contributed by atoms with E-state index in [2.05, 4.69) is 0 Å². The van der Waals surface area contributed by atoms with Crippen LogP contribution in [0.2, 0.25) is 0 Å². The second-order valence-electron chi connectivity index (χ2n) is 3.88. The summed E-state index contributed by atoms with van der Waals surface area (Å²) in [6, 6.07) is 9.10. The molecular formula is C14H8ClF3O. The van der Waals surface area contributed by atoms with E-state index in [1.54, 1.807) is 30.3 Å². The van der Waals surface area contributed by atoms with Crippen LogP contribution in [0, 0.1) is 17.5 Å². The predicted octanol–water partition coefficient (Wildman–Crippen LogP) is 4.27. The second-order valence-corrected chi connectivity index (χ2v) is 4.32. The molecule has 0 radical (unpaired) electrons. The largest absolute Gasteiger partial charge is 0.292 e. The first-order valence-corrected chi connectivity index (χ1v) is 5.82. The molecule has 0 saturated carbocycles. The van der Waals surface area contributed by atoms with Crippen LogP contribution in [0.25, 0.3) is 0 Å². The summed E-state index contributed by atoms with van der Waals surface area (Å²) in [6.45, 7) is 0. The molecule has 0 aliphatic rings. The third-order valence-corrected chi connectivity index (χ3v) is 3.05. The van der Waals surface area contributed by atoms with Gasteiger partial charge in [0.25, 0.3) is 0 Å². The maximum Gasteiger partial charge on any atom is 0.188 e. The van der Waals surface area contributed by atoms with E-state index in [4.69, 9.17) is 11.6 Å². The molecule has 98 valence electrons. The number of benzene rings is 2. The Morgan fingerprint density at radius 3 is 2.16 bits per heavy atom. The average Bonchev–Trinajstić information content (AvgIpc) is 2.42. The van der Waals surface area contributed by atoms with Gasteiger partial charge in [-0.2, -0.15) is 0 Å². The molecule has 0 aliphatic carbocycles. The lowest BCUT2D eigenvalue weighted by atomic mass is 10.0. The Bertz CT molecular complexity index is 614. The average molecular weight is 285 g/mol. The minimum atomic E-state index is -1.35. The topological polar surface area (TPSA) is 17.1 Å². The van der Waals surface area contributed by atoms with E-state index in [0.29, 0.717) is 17.7 Å². The zero-order chi connectivity index (χ0) is 14.0. The number of hydrogen-bond donors (Lipinski definition) is 0. The second kappa shape index (κ2) is 5.45. The summed E-state index contributed by atoms with van der Waals surface area (Å²) in [5.41, 5.74) is -0.110. The van der Waals surface area contributed by atoms with Gasteiger partial charge in [0.2, 0.25) is 0 Å². The van der Waals surface area contributed by atoms with Gasteiger partial charge in [0.15, 0.2) is 17.4 Å². The minimum absolute atomic E-state index is 0.331. The third-order valence-electron chi connectivity index (χ3n) is 2.60. The molecule has 1 unspecified atom stereocenters. The van der Waals surface area contributed by atoms with Crippen molar-refractivity contribution in [1.29, 1.82) is 0 Å². The van der Waals surface area contributed by atoms with Crippen molar-refractivity contribution in [2.75, 3.05) is 0 Å². The molecule has 0 saturated heterocycles. The molecule has 0 amide bonds. The standard InChI is InChI=1S/C14H8ClF3O/c15-13(8-4-2-1-3-5-8)14(19)9-6-11(17)12(18)7-10(9)16/h1-7,13H. The maximum absolute atomic E-state index is 13.5. The summed E-state index contributed by atoms with van der Waals surface area (Å²) in [4.78, 5) is 12.0. The molecule has 0 heterocycles. The van der Waals surface area contributed by atoms with Gasteiger partial charge in [0, 0.05) is 6.07 Å². The lowest BCUT2D eigenvalue weighted by Crippen LogP contribution is -2.10. The first-order chi connectivity index (χ1) is 9.00. The fourth-order valence-electron chi connectivity index (χ4n) is 1.62. The van der Waals surface area contributed by atoms with Crippen LogP contribution in [-0.4, -0.2) is 5.78 Å². The van der Waals surface area contributed by atoms with Crippen LogP contribution in [0.3, 0.4) is 0 Å². The normalized spacial score (nSPS) is 12.2. The molecule has 0 aliphatic heterocycles. The van der Waals surface area contributed by atoms with E-state index in [-0.39, 0.29) is 0 Å². The molecule has 5 heteroatoms. The zero-order valence-electron chi connectivity index (χ0n) is 9.54. The maximum atomic E-state index is 13.5. The number of hydrogen-bond acceptors (Lipinski definition) is 1. The van der Waals surface area contributed by atoms with Gasteiger partial charge in [-0.05, 0) is 11.6 Å². The van der Waals surface area contributed by atoms with Gasteiger partial charge in [-0.15, -0.1) is 11.6 Å². The number of alkyl halides is 1. The van der Waals surface area contributed by atoms with E-state index >= 15 is 0 Å². The van der Waals surface area contributed by atoms with Gasteiger partial charge in [0.1, 0.15) is 11.2 Å². The summed E-state index contributed by atoms with van der Waals surface area (Å²) >= 11 is 5.92. The number of carbonyl (C=O) groups excluding carboxylic acids is 1. The highest BCUT2D eigenvalue weighted by Gasteiger charge is 2.24. The van der Waals surface area contributed by atoms with Crippen LogP contribution in [-0.2, 0) is 0 Å². The summed E-state index contributed by atoms with van der Waals surface area (Å²) in [6.07, 6.45) is 0. The van der Waals surface area contributed by atoms with Crippen molar-refractivity contribution in [3.05, 3.63) is 71.0 Å². The van der Waals surface area contributed by atoms with E-state index in [9.17, 15) is 18.0 Å². The highest BCUT2D eigenvalue weighted by atomic mass is 35.5. The number of rotatable bonds is 3. The number of halogens is 4. The molecule has 2 aromatic rings.